The summed E-state index contributed by atoms with van der Waals surface area (Å²) in [5, 5.41) is 7.96. The fraction of sp³-hybridized carbons (Fsp3) is 0.600. The van der Waals surface area contributed by atoms with Crippen LogP contribution in [0.5, 0.6) is 0 Å². The van der Waals surface area contributed by atoms with Crippen LogP contribution in [0.2, 0.25) is 0 Å². The molecule has 0 atom stereocenters. The van der Waals surface area contributed by atoms with E-state index in [0.29, 0.717) is 11.1 Å². The molecular formula is C5H10N2OS. The smallest absolute Gasteiger partial charge is 0.276 e. The normalized spacial score (nSPS) is 8.67. The molecule has 0 radical (unpaired) electrons. The largest absolute Gasteiger partial charge is 0.416 e. The van der Waals surface area contributed by atoms with Crippen molar-refractivity contribution in [2.24, 2.45) is 0 Å². The molecular weight excluding hydrogens is 136 g/mol. The molecule has 1 aromatic heterocycles. The fourth-order valence-corrected chi connectivity index (χ4v) is 0.687. The van der Waals surface area contributed by atoms with E-state index in [1.54, 1.807) is 6.92 Å². The number of hydrogen-bond donors (Lipinski definition) is 0. The van der Waals surface area contributed by atoms with Crippen LogP contribution in [0.1, 0.15) is 13.3 Å². The van der Waals surface area contributed by atoms with Crippen LogP contribution >= 0.6 is 11.8 Å². The first-order valence-electron chi connectivity index (χ1n) is 2.17. The lowest BCUT2D eigenvalue weighted by atomic mass is 10.8. The van der Waals surface area contributed by atoms with Gasteiger partial charge in [-0.2, -0.15) is 0 Å². The SMILES string of the molecule is C.CSc1nnc(C)o1. The first kappa shape index (κ1) is 8.49. The maximum atomic E-state index is 4.97. The maximum Gasteiger partial charge on any atom is 0.276 e. The summed E-state index contributed by atoms with van der Waals surface area (Å²) in [6.45, 7) is 1.77. The quantitative estimate of drug-likeness (QED) is 0.566. The minimum absolute atomic E-state index is 0. The Kier molecular flexibility index (Phi) is 3.30. The van der Waals surface area contributed by atoms with Crippen molar-refractivity contribution >= 4 is 11.8 Å². The standard InChI is InChI=1S/C4H6N2OS.CH4/c1-3-5-6-4(7-3)8-2;/h1-2H3;1H4. The van der Waals surface area contributed by atoms with Gasteiger partial charge in [0.1, 0.15) is 0 Å². The minimum atomic E-state index is 0. The van der Waals surface area contributed by atoms with Crippen molar-refractivity contribution in [3.05, 3.63) is 5.89 Å². The van der Waals surface area contributed by atoms with E-state index in [4.69, 9.17) is 4.42 Å². The average Bonchev–Trinajstić information content (AvgIpc) is 2.14. The third-order valence-electron chi connectivity index (χ3n) is 0.682. The van der Waals surface area contributed by atoms with Crippen molar-refractivity contribution in [1.29, 1.82) is 0 Å². The minimum Gasteiger partial charge on any atom is -0.416 e. The van der Waals surface area contributed by atoms with Gasteiger partial charge < -0.3 is 4.42 Å². The van der Waals surface area contributed by atoms with E-state index in [2.05, 4.69) is 10.2 Å². The zero-order valence-electron chi connectivity index (χ0n) is 4.71. The van der Waals surface area contributed by atoms with Gasteiger partial charge in [0.25, 0.3) is 5.22 Å². The second-order valence-electron chi connectivity index (χ2n) is 1.29. The van der Waals surface area contributed by atoms with Crippen LogP contribution in [0.15, 0.2) is 9.64 Å². The molecule has 0 bridgehead atoms. The van der Waals surface area contributed by atoms with Gasteiger partial charge in [-0.05, 0) is 6.26 Å². The Morgan fingerprint density at radius 3 is 2.33 bits per heavy atom. The van der Waals surface area contributed by atoms with Gasteiger partial charge >= 0.3 is 0 Å². The van der Waals surface area contributed by atoms with Crippen LogP contribution in [0, 0.1) is 6.92 Å². The van der Waals surface area contributed by atoms with E-state index in [-0.39, 0.29) is 7.43 Å². The molecule has 0 amide bonds. The summed E-state index contributed by atoms with van der Waals surface area (Å²) in [7, 11) is 0. The summed E-state index contributed by atoms with van der Waals surface area (Å²) in [6, 6.07) is 0. The molecule has 0 aromatic carbocycles. The molecule has 1 aromatic rings. The van der Waals surface area contributed by atoms with Crippen molar-refractivity contribution in [2.75, 3.05) is 6.26 Å². The number of thioether (sulfide) groups is 1. The Labute approximate surface area is 58.9 Å². The van der Waals surface area contributed by atoms with E-state index in [1.807, 2.05) is 6.26 Å². The summed E-state index contributed by atoms with van der Waals surface area (Å²) in [5.74, 6) is 0.620. The molecule has 0 aliphatic carbocycles. The Morgan fingerprint density at radius 2 is 2.11 bits per heavy atom. The molecule has 0 fully saturated rings. The van der Waals surface area contributed by atoms with Crippen LogP contribution in [-0.2, 0) is 0 Å². The zero-order chi connectivity index (χ0) is 5.98. The highest BCUT2D eigenvalue weighted by Gasteiger charge is 1.95. The lowest BCUT2D eigenvalue weighted by Crippen LogP contribution is -1.67. The first-order valence-corrected chi connectivity index (χ1v) is 3.39. The molecule has 52 valence electrons. The highest BCUT2D eigenvalue weighted by Crippen LogP contribution is 2.09. The van der Waals surface area contributed by atoms with Gasteiger partial charge in [0, 0.05) is 6.92 Å². The van der Waals surface area contributed by atoms with Crippen LogP contribution < -0.4 is 0 Å². The second kappa shape index (κ2) is 3.50. The molecule has 0 saturated heterocycles. The van der Waals surface area contributed by atoms with E-state index >= 15 is 0 Å². The molecule has 9 heavy (non-hydrogen) atoms. The summed E-state index contributed by atoms with van der Waals surface area (Å²) in [6.07, 6.45) is 1.90. The van der Waals surface area contributed by atoms with Gasteiger partial charge in [-0.3, -0.25) is 0 Å². The van der Waals surface area contributed by atoms with Crippen molar-refractivity contribution in [2.45, 2.75) is 19.6 Å². The van der Waals surface area contributed by atoms with E-state index < -0.39 is 0 Å². The number of aryl methyl sites for hydroxylation is 1. The zero-order valence-corrected chi connectivity index (χ0v) is 5.53. The Balaban J connectivity index is 0.000000640. The molecule has 3 nitrogen and oxygen atoms in total. The summed E-state index contributed by atoms with van der Waals surface area (Å²) >= 11 is 1.45. The molecule has 0 aliphatic rings. The molecule has 0 aliphatic heterocycles. The Hall–Kier alpha value is -0.510. The molecule has 0 saturated carbocycles. The van der Waals surface area contributed by atoms with Crippen molar-refractivity contribution in [3.8, 4) is 0 Å². The number of aromatic nitrogens is 2. The number of nitrogens with zero attached hydrogens (tertiary/aromatic N) is 2. The third-order valence-corrected chi connectivity index (χ3v) is 1.20. The predicted octanol–water partition coefficient (Wildman–Crippen LogP) is 1.74. The number of hydrogen-bond acceptors (Lipinski definition) is 4. The summed E-state index contributed by atoms with van der Waals surface area (Å²) in [5.41, 5.74) is 0. The predicted molar refractivity (Wildman–Crippen MR) is 37.5 cm³/mol. The Morgan fingerprint density at radius 1 is 1.44 bits per heavy atom. The lowest BCUT2D eigenvalue weighted by molar-refractivity contribution is 0.430. The van der Waals surface area contributed by atoms with Crippen molar-refractivity contribution in [3.63, 3.8) is 0 Å². The van der Waals surface area contributed by atoms with Crippen LogP contribution in [0.4, 0.5) is 0 Å². The molecule has 4 heteroatoms. The van der Waals surface area contributed by atoms with E-state index in [0.717, 1.165) is 0 Å². The first-order chi connectivity index (χ1) is 3.83. The van der Waals surface area contributed by atoms with E-state index in [9.17, 15) is 0 Å². The lowest BCUT2D eigenvalue weighted by Gasteiger charge is -1.77. The molecule has 1 heterocycles. The van der Waals surface area contributed by atoms with Crippen LogP contribution in [0.3, 0.4) is 0 Å². The van der Waals surface area contributed by atoms with Gasteiger partial charge in [-0.1, -0.05) is 19.2 Å². The van der Waals surface area contributed by atoms with Gasteiger partial charge in [0.05, 0.1) is 0 Å². The van der Waals surface area contributed by atoms with Gasteiger partial charge in [0.2, 0.25) is 5.89 Å². The highest BCUT2D eigenvalue weighted by molar-refractivity contribution is 7.98. The number of rotatable bonds is 1. The summed E-state index contributed by atoms with van der Waals surface area (Å²) in [4.78, 5) is 0. The van der Waals surface area contributed by atoms with Gasteiger partial charge in [0.15, 0.2) is 0 Å². The molecule has 1 rings (SSSR count). The highest BCUT2D eigenvalue weighted by atomic mass is 32.2. The summed E-state index contributed by atoms with van der Waals surface area (Å²) < 4.78 is 4.97. The van der Waals surface area contributed by atoms with Crippen LogP contribution in [0.25, 0.3) is 0 Å². The topological polar surface area (TPSA) is 38.9 Å². The second-order valence-corrected chi connectivity index (χ2v) is 2.05. The van der Waals surface area contributed by atoms with Gasteiger partial charge in [-0.25, -0.2) is 0 Å². The average molecular weight is 146 g/mol. The maximum absolute atomic E-state index is 4.97. The van der Waals surface area contributed by atoms with E-state index in [1.165, 1.54) is 11.8 Å². The monoisotopic (exact) mass is 146 g/mol. The molecule has 0 N–H and O–H groups in total. The molecule has 0 spiro atoms. The molecule has 0 unspecified atom stereocenters. The third kappa shape index (κ3) is 2.05. The van der Waals surface area contributed by atoms with Gasteiger partial charge in [-0.15, -0.1) is 10.2 Å². The Bertz CT molecular complexity index is 175. The van der Waals surface area contributed by atoms with Crippen molar-refractivity contribution < 1.29 is 4.42 Å². The van der Waals surface area contributed by atoms with Crippen molar-refractivity contribution in [1.82, 2.24) is 10.2 Å². The van der Waals surface area contributed by atoms with Crippen LogP contribution in [-0.4, -0.2) is 16.5 Å². The fourth-order valence-electron chi connectivity index (χ4n) is 0.361.